The number of methoxy groups -OCH3 is 2. The molecule has 2 aliphatic heterocycles. The molecule has 8 rings (SSSR count). The maximum Gasteiger partial charge on any atom is 0.245 e. The van der Waals surface area contributed by atoms with Gasteiger partial charge in [-0.25, -0.2) is 32.8 Å². The summed E-state index contributed by atoms with van der Waals surface area (Å²) in [6.45, 7) is 2.85. The molecule has 4 bridgehead atoms. The first-order valence-electron chi connectivity index (χ1n) is 16.4. The number of carbonyl (C=O) groups excluding carboxylic acids is 1. The molecule has 3 atom stereocenters. The second kappa shape index (κ2) is 12.6. The number of fused-ring (bicyclic) bond motifs is 6. The summed E-state index contributed by atoms with van der Waals surface area (Å²) in [4.78, 5) is 32.2. The number of nitrogens with one attached hydrogen (secondary N) is 1. The van der Waals surface area contributed by atoms with E-state index < -0.39 is 29.6 Å². The van der Waals surface area contributed by atoms with Gasteiger partial charge < -0.3 is 29.2 Å². The van der Waals surface area contributed by atoms with E-state index in [9.17, 15) is 13.6 Å². The monoisotopic (exact) mass is 697 g/mol. The second-order valence-electron chi connectivity index (χ2n) is 12.9. The third-order valence-corrected chi connectivity index (χ3v) is 9.73. The Balaban J connectivity index is 1.24. The normalized spacial score (nSPS) is 19.4. The molecule has 0 aliphatic carbocycles. The summed E-state index contributed by atoms with van der Waals surface area (Å²) < 4.78 is 58.6. The van der Waals surface area contributed by atoms with Gasteiger partial charge in [0, 0.05) is 51.0 Å². The van der Waals surface area contributed by atoms with Gasteiger partial charge in [0.2, 0.25) is 11.8 Å². The van der Waals surface area contributed by atoms with E-state index in [-0.39, 0.29) is 30.1 Å². The van der Waals surface area contributed by atoms with E-state index in [1.54, 1.807) is 31.5 Å². The average molecular weight is 698 g/mol. The number of ether oxygens (including phenoxy) is 2. The number of likely N-dealkylation sites (N-methyl/N-ethyl adjacent to an activating group) is 1. The van der Waals surface area contributed by atoms with Crippen molar-refractivity contribution < 1.29 is 27.4 Å². The number of halogens is 3. The molecule has 1 fully saturated rings. The lowest BCUT2D eigenvalue weighted by molar-refractivity contribution is -0.132. The Hall–Kier alpha value is -5.70. The van der Waals surface area contributed by atoms with Crippen LogP contribution in [0.5, 0.6) is 5.88 Å². The highest BCUT2D eigenvalue weighted by molar-refractivity contribution is 5.98. The topological polar surface area (TPSA) is 115 Å². The smallest absolute Gasteiger partial charge is 0.245 e. The van der Waals surface area contributed by atoms with Crippen molar-refractivity contribution >= 4 is 39.3 Å². The Morgan fingerprint density at radius 2 is 1.76 bits per heavy atom. The van der Waals surface area contributed by atoms with Gasteiger partial charge in [0.05, 0.1) is 60.0 Å². The fourth-order valence-corrected chi connectivity index (χ4v) is 7.35. The average Bonchev–Trinajstić information content (AvgIpc) is 3.82. The van der Waals surface area contributed by atoms with Crippen molar-refractivity contribution in [3.63, 3.8) is 0 Å². The van der Waals surface area contributed by atoms with Crippen LogP contribution in [-0.2, 0) is 16.1 Å². The first-order chi connectivity index (χ1) is 24.6. The SMILES string of the molecule is COc1ncc(N2C[C@@H]3C[C@H]2C(=O)N(C)C[C@H](OC)Cn2c(C)nc4cc(F)cc(c42)-c2cccc(n2)N3)c2cnn(-c3ccc(F)cc3F)c12. The molecule has 12 nitrogen and oxygen atoms in total. The number of hydrogen-bond donors (Lipinski definition) is 1. The third-order valence-electron chi connectivity index (χ3n) is 9.73. The van der Waals surface area contributed by atoms with Crippen molar-refractivity contribution in [2.24, 2.45) is 0 Å². The van der Waals surface area contributed by atoms with Gasteiger partial charge in [-0.2, -0.15) is 5.10 Å². The predicted octanol–water partition coefficient (Wildman–Crippen LogP) is 5.11. The van der Waals surface area contributed by atoms with Gasteiger partial charge in [-0.1, -0.05) is 6.07 Å². The van der Waals surface area contributed by atoms with Crippen molar-refractivity contribution in [1.82, 2.24) is 34.2 Å². The van der Waals surface area contributed by atoms with Crippen LogP contribution in [0.4, 0.5) is 24.7 Å². The number of imidazole rings is 1. The Morgan fingerprint density at radius 1 is 0.922 bits per heavy atom. The number of aryl methyl sites for hydroxylation is 1. The minimum Gasteiger partial charge on any atom is -0.479 e. The van der Waals surface area contributed by atoms with Crippen LogP contribution >= 0.6 is 0 Å². The summed E-state index contributed by atoms with van der Waals surface area (Å²) in [5, 5.41) is 8.53. The van der Waals surface area contributed by atoms with E-state index in [0.29, 0.717) is 64.5 Å². The summed E-state index contributed by atoms with van der Waals surface area (Å²) in [5.74, 6) is -0.675. The van der Waals surface area contributed by atoms with Crippen LogP contribution in [-0.4, -0.2) is 92.7 Å². The number of rotatable bonds is 4. The number of aromatic nitrogens is 6. The largest absolute Gasteiger partial charge is 0.479 e. The fourth-order valence-electron chi connectivity index (χ4n) is 7.35. The zero-order valence-corrected chi connectivity index (χ0v) is 28.3. The zero-order chi connectivity index (χ0) is 35.6. The second-order valence-corrected chi connectivity index (χ2v) is 12.9. The molecule has 6 heterocycles. The van der Waals surface area contributed by atoms with Crippen molar-refractivity contribution in [2.45, 2.75) is 38.1 Å². The van der Waals surface area contributed by atoms with Gasteiger partial charge >= 0.3 is 0 Å². The Bertz CT molecular complexity index is 2330. The molecule has 51 heavy (non-hydrogen) atoms. The number of benzene rings is 2. The van der Waals surface area contributed by atoms with Crippen LogP contribution in [0.25, 0.3) is 38.9 Å². The molecular weight excluding hydrogens is 663 g/mol. The van der Waals surface area contributed by atoms with Crippen LogP contribution in [0.2, 0.25) is 0 Å². The molecular formula is C36H34F3N9O3. The van der Waals surface area contributed by atoms with Crippen LogP contribution < -0.4 is 15.0 Å². The van der Waals surface area contributed by atoms with Gasteiger partial charge in [0.1, 0.15) is 40.5 Å². The summed E-state index contributed by atoms with van der Waals surface area (Å²) in [6.07, 6.45) is 3.16. The van der Waals surface area contributed by atoms with Gasteiger partial charge in [-0.3, -0.25) is 4.79 Å². The lowest BCUT2D eigenvalue weighted by Gasteiger charge is -2.31. The molecule has 1 saturated heterocycles. The van der Waals surface area contributed by atoms with Crippen LogP contribution in [0.15, 0.2) is 60.9 Å². The molecule has 0 radical (unpaired) electrons. The summed E-state index contributed by atoms with van der Waals surface area (Å²) in [7, 11) is 4.79. The number of carbonyl (C=O) groups is 1. The molecule has 1 N–H and O–H groups in total. The van der Waals surface area contributed by atoms with E-state index >= 15 is 4.39 Å². The molecule has 1 amide bonds. The molecule has 0 unspecified atom stereocenters. The van der Waals surface area contributed by atoms with E-state index in [1.807, 2.05) is 34.6 Å². The molecule has 4 aromatic heterocycles. The number of pyridine rings is 2. The Morgan fingerprint density at radius 3 is 2.55 bits per heavy atom. The highest BCUT2D eigenvalue weighted by Crippen LogP contribution is 2.38. The number of anilines is 2. The molecule has 2 aliphatic rings. The fraction of sp³-hybridized carbons (Fsp3) is 0.306. The van der Waals surface area contributed by atoms with Crippen LogP contribution in [0.1, 0.15) is 12.2 Å². The quantitative estimate of drug-likeness (QED) is 0.268. The van der Waals surface area contributed by atoms with Crippen LogP contribution in [0, 0.1) is 24.4 Å². The number of nitrogens with zero attached hydrogens (tertiary/aromatic N) is 8. The van der Waals surface area contributed by atoms with Crippen molar-refractivity contribution in [3.05, 3.63) is 84.2 Å². The van der Waals surface area contributed by atoms with Gasteiger partial charge in [0.25, 0.3) is 0 Å². The van der Waals surface area contributed by atoms with E-state index in [4.69, 9.17) is 14.5 Å². The van der Waals surface area contributed by atoms with E-state index in [0.717, 1.165) is 17.6 Å². The molecule has 0 spiro atoms. The summed E-state index contributed by atoms with van der Waals surface area (Å²) >= 11 is 0. The summed E-state index contributed by atoms with van der Waals surface area (Å²) in [6, 6.07) is 10.7. The standard InChI is InChI=1S/C36H34F3N9O3/c1-19-42-28-12-21(38)10-24-27-6-5-7-32(44-27)43-22-13-30(36(49)45(2)17-23(50-3)18-46(19)33(24)28)47(16-22)31-15-40-35(51-4)34-25(31)14-41-48(34)29-9-8-20(37)11-26(29)39/h5-12,14-15,22-23,30H,13,16-18H2,1-4H3,(H,43,44)/t22-,23-,30-/m0/s1. The highest BCUT2D eigenvalue weighted by Gasteiger charge is 2.40. The number of hydrogen-bond acceptors (Lipinski definition) is 9. The Labute approximate surface area is 290 Å². The van der Waals surface area contributed by atoms with E-state index in [2.05, 4.69) is 20.4 Å². The Kier molecular flexibility index (Phi) is 8.01. The molecule has 15 heteroatoms. The minimum absolute atomic E-state index is 0.0156. The maximum atomic E-state index is 15.0. The lowest BCUT2D eigenvalue weighted by atomic mass is 10.1. The first kappa shape index (κ1) is 32.5. The lowest BCUT2D eigenvalue weighted by Crippen LogP contribution is -2.47. The zero-order valence-electron chi connectivity index (χ0n) is 28.3. The molecule has 0 saturated carbocycles. The van der Waals surface area contributed by atoms with Crippen molar-refractivity contribution in [1.29, 1.82) is 0 Å². The summed E-state index contributed by atoms with van der Waals surface area (Å²) in [5.41, 5.74) is 3.36. The number of amides is 1. The third kappa shape index (κ3) is 5.57. The molecule has 6 aromatic rings. The predicted molar refractivity (Wildman–Crippen MR) is 185 cm³/mol. The van der Waals surface area contributed by atoms with Gasteiger partial charge in [-0.15, -0.1) is 0 Å². The van der Waals surface area contributed by atoms with Crippen LogP contribution in [0.3, 0.4) is 0 Å². The minimum atomic E-state index is -0.805. The van der Waals surface area contributed by atoms with E-state index in [1.165, 1.54) is 30.0 Å². The maximum absolute atomic E-state index is 15.0. The molecule has 2 aromatic carbocycles. The first-order valence-corrected chi connectivity index (χ1v) is 16.4. The van der Waals surface area contributed by atoms with Gasteiger partial charge in [0.15, 0.2) is 5.82 Å². The van der Waals surface area contributed by atoms with Crippen molar-refractivity contribution in [3.8, 4) is 22.8 Å². The highest BCUT2D eigenvalue weighted by atomic mass is 19.1. The van der Waals surface area contributed by atoms with Crippen molar-refractivity contribution in [2.75, 3.05) is 44.6 Å². The van der Waals surface area contributed by atoms with Gasteiger partial charge in [-0.05, 0) is 43.7 Å². The molecule has 262 valence electrons.